The first-order chi connectivity index (χ1) is 11.4. The van der Waals surface area contributed by atoms with Crippen LogP contribution in [0.2, 0.25) is 5.28 Å². The molecule has 2 aromatic rings. The van der Waals surface area contributed by atoms with Gasteiger partial charge in [0.1, 0.15) is 23.2 Å². The minimum atomic E-state index is -0.610. The summed E-state index contributed by atoms with van der Waals surface area (Å²) >= 11 is 5.85. The number of nitrogens with zero attached hydrogens (tertiary/aromatic N) is 5. The summed E-state index contributed by atoms with van der Waals surface area (Å²) in [6, 6.07) is 9.43. The molecule has 0 radical (unpaired) electrons. The van der Waals surface area contributed by atoms with Gasteiger partial charge < -0.3 is 10.2 Å². The van der Waals surface area contributed by atoms with Gasteiger partial charge >= 0.3 is 5.69 Å². The number of halogens is 1. The molecule has 0 saturated heterocycles. The monoisotopic (exact) mass is 342 g/mol. The Kier molecular flexibility index (Phi) is 3.79. The topological polar surface area (TPSA) is 108 Å². The summed E-state index contributed by atoms with van der Waals surface area (Å²) in [7, 11) is 1.76. The van der Waals surface area contributed by atoms with Crippen LogP contribution in [0.15, 0.2) is 30.1 Å². The van der Waals surface area contributed by atoms with Crippen molar-refractivity contribution in [2.24, 2.45) is 0 Å². The first-order valence-corrected chi connectivity index (χ1v) is 7.25. The third-order valence-electron chi connectivity index (χ3n) is 3.65. The number of aromatic nitrogens is 2. The lowest BCUT2D eigenvalue weighted by atomic mass is 10.1. The molecule has 0 atom stereocenters. The summed E-state index contributed by atoms with van der Waals surface area (Å²) in [4.78, 5) is 20.3. The number of rotatable bonds is 2. The molecule has 0 saturated carbocycles. The molecule has 0 unspecified atom stereocenters. The molecule has 2 heterocycles. The SMILES string of the molecule is Cc1nc(Cl)nc(C(C#N)=C2Nc3ccccc3N2C)c1[N+](=O)[O-]. The van der Waals surface area contributed by atoms with Crippen molar-refractivity contribution in [3.8, 4) is 6.07 Å². The van der Waals surface area contributed by atoms with E-state index < -0.39 is 4.92 Å². The van der Waals surface area contributed by atoms with E-state index in [-0.39, 0.29) is 27.9 Å². The molecule has 1 N–H and O–H groups in total. The third kappa shape index (κ3) is 2.41. The number of anilines is 2. The Morgan fingerprint density at radius 1 is 1.42 bits per heavy atom. The van der Waals surface area contributed by atoms with Crippen molar-refractivity contribution in [2.45, 2.75) is 6.92 Å². The predicted molar refractivity (Wildman–Crippen MR) is 89.4 cm³/mol. The highest BCUT2D eigenvalue weighted by Gasteiger charge is 2.31. The Morgan fingerprint density at radius 3 is 2.75 bits per heavy atom. The van der Waals surface area contributed by atoms with Crippen molar-refractivity contribution in [1.82, 2.24) is 9.97 Å². The van der Waals surface area contributed by atoms with Crippen LogP contribution in [-0.4, -0.2) is 21.9 Å². The molecular formula is C15H11ClN6O2. The van der Waals surface area contributed by atoms with E-state index in [2.05, 4.69) is 15.3 Å². The predicted octanol–water partition coefficient (Wildman–Crippen LogP) is 3.10. The number of benzene rings is 1. The van der Waals surface area contributed by atoms with Crippen LogP contribution in [0.3, 0.4) is 0 Å². The maximum absolute atomic E-state index is 11.4. The van der Waals surface area contributed by atoms with Gasteiger partial charge in [0.2, 0.25) is 5.28 Å². The molecule has 8 nitrogen and oxygen atoms in total. The van der Waals surface area contributed by atoms with Crippen LogP contribution < -0.4 is 10.2 Å². The van der Waals surface area contributed by atoms with Crippen LogP contribution in [0, 0.1) is 28.4 Å². The minimum Gasteiger partial charge on any atom is -0.339 e. The van der Waals surface area contributed by atoms with Gasteiger partial charge in [0, 0.05) is 7.05 Å². The summed E-state index contributed by atoms with van der Waals surface area (Å²) in [5.74, 6) is 0.399. The number of allylic oxidation sites excluding steroid dienone is 1. The second kappa shape index (κ2) is 5.79. The molecule has 9 heteroatoms. The summed E-state index contributed by atoms with van der Waals surface area (Å²) in [5, 5.41) is 24.0. The van der Waals surface area contributed by atoms with Gasteiger partial charge in [-0.15, -0.1) is 0 Å². The largest absolute Gasteiger partial charge is 0.339 e. The Balaban J connectivity index is 2.26. The number of hydrogen-bond donors (Lipinski definition) is 1. The highest BCUT2D eigenvalue weighted by atomic mass is 35.5. The molecule has 1 aliphatic rings. The third-order valence-corrected chi connectivity index (χ3v) is 3.82. The zero-order valence-corrected chi connectivity index (χ0v) is 13.5. The summed E-state index contributed by atoms with van der Waals surface area (Å²) in [6.45, 7) is 1.45. The van der Waals surface area contributed by atoms with E-state index in [0.29, 0.717) is 5.82 Å². The van der Waals surface area contributed by atoms with Gasteiger partial charge in [-0.2, -0.15) is 5.26 Å². The number of nitrogens with one attached hydrogen (secondary N) is 1. The van der Waals surface area contributed by atoms with Crippen LogP contribution >= 0.6 is 11.6 Å². The first kappa shape index (κ1) is 15.7. The highest BCUT2D eigenvalue weighted by Crippen LogP contribution is 2.39. The number of para-hydroxylation sites is 2. The molecule has 0 spiro atoms. The van der Waals surface area contributed by atoms with E-state index in [1.54, 1.807) is 11.9 Å². The Hall–Kier alpha value is -3.18. The Bertz CT molecular complexity index is 934. The van der Waals surface area contributed by atoms with E-state index >= 15 is 0 Å². The van der Waals surface area contributed by atoms with Crippen molar-refractivity contribution in [3.05, 3.63) is 56.9 Å². The van der Waals surface area contributed by atoms with Crippen LogP contribution in [0.1, 0.15) is 11.4 Å². The summed E-state index contributed by atoms with van der Waals surface area (Å²) < 4.78 is 0. The highest BCUT2D eigenvalue weighted by molar-refractivity contribution is 6.28. The lowest BCUT2D eigenvalue weighted by Crippen LogP contribution is -2.17. The van der Waals surface area contributed by atoms with Crippen molar-refractivity contribution in [3.63, 3.8) is 0 Å². The van der Waals surface area contributed by atoms with E-state index in [1.165, 1.54) is 6.92 Å². The van der Waals surface area contributed by atoms with Crippen molar-refractivity contribution < 1.29 is 4.92 Å². The molecular weight excluding hydrogens is 332 g/mol. The summed E-state index contributed by atoms with van der Waals surface area (Å²) in [5.41, 5.74) is 1.31. The van der Waals surface area contributed by atoms with E-state index in [9.17, 15) is 15.4 Å². The molecule has 0 aliphatic carbocycles. The van der Waals surface area contributed by atoms with Crippen molar-refractivity contribution in [2.75, 3.05) is 17.3 Å². The van der Waals surface area contributed by atoms with Gasteiger partial charge in [0.25, 0.3) is 0 Å². The van der Waals surface area contributed by atoms with E-state index in [1.807, 2.05) is 30.3 Å². The van der Waals surface area contributed by atoms with Gasteiger partial charge in [0.15, 0.2) is 5.69 Å². The number of nitriles is 1. The number of fused-ring (bicyclic) bond motifs is 1. The standard InChI is InChI=1S/C15H11ClN6O2/c1-8-13(22(23)24)12(20-15(16)18-8)9(7-17)14-19-10-5-3-4-6-11(10)21(14)2/h3-6,19H,1-2H3. The van der Waals surface area contributed by atoms with Gasteiger partial charge in [-0.1, -0.05) is 12.1 Å². The lowest BCUT2D eigenvalue weighted by molar-refractivity contribution is -0.386. The second-order valence-corrected chi connectivity index (χ2v) is 5.41. The maximum atomic E-state index is 11.4. The zero-order chi connectivity index (χ0) is 17.4. The minimum absolute atomic E-state index is 0.0211. The quantitative estimate of drug-likeness (QED) is 0.386. The molecule has 1 aromatic heterocycles. The molecule has 1 aromatic carbocycles. The fourth-order valence-corrected chi connectivity index (χ4v) is 2.79. The van der Waals surface area contributed by atoms with Crippen LogP contribution in [0.4, 0.5) is 17.1 Å². The molecule has 0 amide bonds. The molecule has 3 rings (SSSR count). The molecule has 120 valence electrons. The smallest absolute Gasteiger partial charge is 0.317 e. The van der Waals surface area contributed by atoms with Gasteiger partial charge in [-0.25, -0.2) is 9.97 Å². The fraction of sp³-hybridized carbons (Fsp3) is 0.133. The van der Waals surface area contributed by atoms with Crippen molar-refractivity contribution >= 4 is 34.2 Å². The first-order valence-electron chi connectivity index (χ1n) is 6.87. The fourth-order valence-electron chi connectivity index (χ4n) is 2.58. The molecule has 0 fully saturated rings. The van der Waals surface area contributed by atoms with Gasteiger partial charge in [-0.3, -0.25) is 10.1 Å². The molecule has 24 heavy (non-hydrogen) atoms. The van der Waals surface area contributed by atoms with E-state index in [0.717, 1.165) is 11.4 Å². The van der Waals surface area contributed by atoms with E-state index in [4.69, 9.17) is 11.6 Å². The van der Waals surface area contributed by atoms with Crippen LogP contribution in [0.5, 0.6) is 0 Å². The van der Waals surface area contributed by atoms with Crippen LogP contribution in [-0.2, 0) is 0 Å². The maximum Gasteiger partial charge on any atom is 0.317 e. The molecule has 1 aliphatic heterocycles. The Morgan fingerprint density at radius 2 is 2.12 bits per heavy atom. The average Bonchev–Trinajstić information content (AvgIpc) is 2.85. The number of hydrogen-bond acceptors (Lipinski definition) is 7. The van der Waals surface area contributed by atoms with Gasteiger partial charge in [-0.05, 0) is 30.7 Å². The molecule has 0 bridgehead atoms. The average molecular weight is 343 g/mol. The number of aryl methyl sites for hydroxylation is 1. The number of nitro groups is 1. The lowest BCUT2D eigenvalue weighted by Gasteiger charge is -2.15. The normalized spacial score (nSPS) is 14.7. The summed E-state index contributed by atoms with van der Waals surface area (Å²) in [6.07, 6.45) is 0. The zero-order valence-electron chi connectivity index (χ0n) is 12.7. The van der Waals surface area contributed by atoms with Crippen LogP contribution in [0.25, 0.3) is 5.57 Å². The van der Waals surface area contributed by atoms with Crippen molar-refractivity contribution in [1.29, 1.82) is 5.26 Å². The van der Waals surface area contributed by atoms with Gasteiger partial charge in [0.05, 0.1) is 16.3 Å². The second-order valence-electron chi connectivity index (χ2n) is 5.07. The Labute approximate surface area is 142 Å².